The second kappa shape index (κ2) is 8.73. The van der Waals surface area contributed by atoms with Gasteiger partial charge in [0.2, 0.25) is 0 Å². The van der Waals surface area contributed by atoms with E-state index in [1.165, 1.54) is 0 Å². The van der Waals surface area contributed by atoms with Crippen LogP contribution in [-0.2, 0) is 0 Å². The molecule has 0 fully saturated rings. The normalized spacial score (nSPS) is 14.3. The molecule has 2 N–H and O–H groups in total. The Kier molecular flexibility index (Phi) is 7.67. The molecular weight excluding hydrogens is 297 g/mol. The van der Waals surface area contributed by atoms with Crippen molar-refractivity contribution in [3.8, 4) is 5.75 Å². The van der Waals surface area contributed by atoms with Crippen LogP contribution in [0.4, 0.5) is 0 Å². The molecule has 0 heterocycles. The van der Waals surface area contributed by atoms with E-state index in [9.17, 15) is 5.11 Å². The molecule has 1 aromatic rings. The first-order valence-electron chi connectivity index (χ1n) is 6.94. The second-order valence-corrected chi connectivity index (χ2v) is 6.00. The first kappa shape index (κ1) is 17.6. The zero-order valence-electron chi connectivity index (χ0n) is 12.2. The van der Waals surface area contributed by atoms with Gasteiger partial charge in [-0.1, -0.05) is 50.0 Å². The molecule has 0 spiro atoms. The molecule has 0 saturated carbocycles. The predicted octanol–water partition coefficient (Wildman–Crippen LogP) is 3.76. The fourth-order valence-corrected chi connectivity index (χ4v) is 2.50. The molecule has 0 aliphatic carbocycles. The zero-order valence-corrected chi connectivity index (χ0v) is 13.7. The summed E-state index contributed by atoms with van der Waals surface area (Å²) in [7, 11) is 0. The molecule has 5 heteroatoms. The van der Waals surface area contributed by atoms with Crippen LogP contribution in [0.15, 0.2) is 18.2 Å². The summed E-state index contributed by atoms with van der Waals surface area (Å²) < 4.78 is 5.50. The van der Waals surface area contributed by atoms with Gasteiger partial charge in [0.1, 0.15) is 12.7 Å². The fourth-order valence-electron chi connectivity index (χ4n) is 2.00. The Labute approximate surface area is 131 Å². The molecule has 2 unspecified atom stereocenters. The smallest absolute Gasteiger partial charge is 0.156 e. The third kappa shape index (κ3) is 5.49. The number of ether oxygens (including phenoxy) is 1. The molecule has 2 atom stereocenters. The van der Waals surface area contributed by atoms with Gasteiger partial charge in [0.05, 0.1) is 10.0 Å². The molecule has 0 radical (unpaired) electrons. The monoisotopic (exact) mass is 319 g/mol. The highest BCUT2D eigenvalue weighted by molar-refractivity contribution is 6.37. The Balaban J connectivity index is 2.42. The second-order valence-electron chi connectivity index (χ2n) is 5.18. The van der Waals surface area contributed by atoms with Gasteiger partial charge in [-0.05, 0) is 24.5 Å². The largest absolute Gasteiger partial charge is 0.488 e. The van der Waals surface area contributed by atoms with Gasteiger partial charge >= 0.3 is 0 Å². The highest BCUT2D eigenvalue weighted by atomic mass is 35.5. The van der Waals surface area contributed by atoms with Crippen molar-refractivity contribution >= 4 is 23.2 Å². The molecule has 1 aromatic carbocycles. The minimum Gasteiger partial charge on any atom is -0.488 e. The first-order chi connectivity index (χ1) is 9.45. The highest BCUT2D eigenvalue weighted by Gasteiger charge is 2.14. The van der Waals surface area contributed by atoms with Gasteiger partial charge in [0.15, 0.2) is 5.75 Å². The van der Waals surface area contributed by atoms with E-state index < -0.39 is 6.10 Å². The van der Waals surface area contributed by atoms with Crippen LogP contribution >= 0.6 is 23.2 Å². The van der Waals surface area contributed by atoms with Gasteiger partial charge in [-0.3, -0.25) is 0 Å². The van der Waals surface area contributed by atoms with Crippen LogP contribution in [0.3, 0.4) is 0 Å². The molecule has 0 amide bonds. The fraction of sp³-hybridized carbons (Fsp3) is 0.600. The van der Waals surface area contributed by atoms with E-state index in [0.29, 0.717) is 34.3 Å². The van der Waals surface area contributed by atoms with Gasteiger partial charge in [0, 0.05) is 12.6 Å². The Bertz CT molecular complexity index is 393. The summed E-state index contributed by atoms with van der Waals surface area (Å²) in [6, 6.07) is 5.57. The average molecular weight is 320 g/mol. The van der Waals surface area contributed by atoms with Gasteiger partial charge in [-0.2, -0.15) is 0 Å². The summed E-state index contributed by atoms with van der Waals surface area (Å²) in [4.78, 5) is 0. The van der Waals surface area contributed by atoms with Gasteiger partial charge in [-0.15, -0.1) is 0 Å². The molecule has 3 nitrogen and oxygen atoms in total. The van der Waals surface area contributed by atoms with Crippen molar-refractivity contribution in [2.45, 2.75) is 39.3 Å². The van der Waals surface area contributed by atoms with Crippen LogP contribution in [0.25, 0.3) is 0 Å². The predicted molar refractivity (Wildman–Crippen MR) is 84.9 cm³/mol. The third-order valence-corrected chi connectivity index (χ3v) is 3.79. The maximum absolute atomic E-state index is 9.94. The van der Waals surface area contributed by atoms with Crippen LogP contribution in [0.5, 0.6) is 5.75 Å². The van der Waals surface area contributed by atoms with E-state index in [1.807, 2.05) is 0 Å². The summed E-state index contributed by atoms with van der Waals surface area (Å²) in [5.74, 6) is 0.955. The zero-order chi connectivity index (χ0) is 15.1. The highest BCUT2D eigenvalue weighted by Crippen LogP contribution is 2.32. The number of hydrogen-bond donors (Lipinski definition) is 2. The lowest BCUT2D eigenvalue weighted by atomic mass is 10.0. The number of nitrogens with one attached hydrogen (secondary N) is 1. The molecule has 0 bridgehead atoms. The number of aliphatic hydroxyl groups excluding tert-OH is 1. The maximum Gasteiger partial charge on any atom is 0.156 e. The molecule has 1 rings (SSSR count). The summed E-state index contributed by atoms with van der Waals surface area (Å²) in [6.07, 6.45) is 0.428. The van der Waals surface area contributed by atoms with Crippen molar-refractivity contribution in [3.05, 3.63) is 28.2 Å². The number of benzene rings is 1. The van der Waals surface area contributed by atoms with E-state index in [2.05, 4.69) is 26.1 Å². The van der Waals surface area contributed by atoms with Gasteiger partial charge < -0.3 is 15.2 Å². The van der Waals surface area contributed by atoms with E-state index in [1.54, 1.807) is 18.2 Å². The average Bonchev–Trinajstić information content (AvgIpc) is 2.38. The standard InChI is InChI=1S/C15H23Cl2NO2/c1-4-14(10(2)3)18-8-11(19)9-20-15-12(16)6-5-7-13(15)17/h5-7,10-11,14,18-19H,4,8-9H2,1-3H3. The van der Waals surface area contributed by atoms with Crippen LogP contribution in [0, 0.1) is 5.92 Å². The summed E-state index contributed by atoms with van der Waals surface area (Å²) in [5.41, 5.74) is 0. The van der Waals surface area contributed by atoms with Crippen molar-refractivity contribution < 1.29 is 9.84 Å². The number of halogens is 2. The molecule has 114 valence electrons. The maximum atomic E-state index is 9.94. The lowest BCUT2D eigenvalue weighted by Gasteiger charge is -2.23. The number of rotatable bonds is 8. The minimum absolute atomic E-state index is 0.158. The van der Waals surface area contributed by atoms with E-state index in [4.69, 9.17) is 27.9 Å². The van der Waals surface area contributed by atoms with E-state index >= 15 is 0 Å². The molecule has 20 heavy (non-hydrogen) atoms. The van der Waals surface area contributed by atoms with E-state index in [0.717, 1.165) is 6.42 Å². The van der Waals surface area contributed by atoms with Crippen LogP contribution < -0.4 is 10.1 Å². The Morgan fingerprint density at radius 3 is 2.35 bits per heavy atom. The van der Waals surface area contributed by atoms with Crippen molar-refractivity contribution in [1.29, 1.82) is 0 Å². The molecule has 0 aliphatic heterocycles. The van der Waals surface area contributed by atoms with E-state index in [-0.39, 0.29) is 6.61 Å². The summed E-state index contributed by atoms with van der Waals surface area (Å²) in [6.45, 7) is 7.09. The molecule has 0 aliphatic rings. The Morgan fingerprint density at radius 2 is 1.85 bits per heavy atom. The number of hydrogen-bond acceptors (Lipinski definition) is 3. The molecule has 0 aromatic heterocycles. The third-order valence-electron chi connectivity index (χ3n) is 3.20. The lowest BCUT2D eigenvalue weighted by molar-refractivity contribution is 0.101. The summed E-state index contributed by atoms with van der Waals surface area (Å²) in [5, 5.41) is 14.2. The molecular formula is C15H23Cl2NO2. The summed E-state index contributed by atoms with van der Waals surface area (Å²) >= 11 is 12.0. The lowest BCUT2D eigenvalue weighted by Crippen LogP contribution is -2.40. The van der Waals surface area contributed by atoms with Crippen molar-refractivity contribution in [1.82, 2.24) is 5.32 Å². The van der Waals surface area contributed by atoms with Crippen molar-refractivity contribution in [2.24, 2.45) is 5.92 Å². The molecule has 0 saturated heterocycles. The van der Waals surface area contributed by atoms with Gasteiger partial charge in [0.25, 0.3) is 0 Å². The topological polar surface area (TPSA) is 41.5 Å². The van der Waals surface area contributed by atoms with Gasteiger partial charge in [-0.25, -0.2) is 0 Å². The van der Waals surface area contributed by atoms with Crippen molar-refractivity contribution in [2.75, 3.05) is 13.2 Å². The number of aliphatic hydroxyl groups is 1. The van der Waals surface area contributed by atoms with Crippen LogP contribution in [0.1, 0.15) is 27.2 Å². The SMILES string of the molecule is CCC(NCC(O)COc1c(Cl)cccc1Cl)C(C)C. The quantitative estimate of drug-likeness (QED) is 0.766. The van der Waals surface area contributed by atoms with Crippen LogP contribution in [0.2, 0.25) is 10.0 Å². The Morgan fingerprint density at radius 1 is 1.25 bits per heavy atom. The first-order valence-corrected chi connectivity index (χ1v) is 7.69. The number of para-hydroxylation sites is 1. The minimum atomic E-state index is -0.602. The van der Waals surface area contributed by atoms with Crippen molar-refractivity contribution in [3.63, 3.8) is 0 Å². The van der Waals surface area contributed by atoms with Crippen LogP contribution in [-0.4, -0.2) is 30.4 Å². The Hall–Kier alpha value is -0.480.